The van der Waals surface area contributed by atoms with Crippen LogP contribution in [0.15, 0.2) is 83.8 Å². The fourth-order valence-electron chi connectivity index (χ4n) is 5.87. The molecule has 3 nitrogen and oxygen atoms in total. The Balaban J connectivity index is 1.91. The molecule has 0 amide bonds. The first-order valence-electron chi connectivity index (χ1n) is 13.6. The van der Waals surface area contributed by atoms with E-state index in [1.807, 2.05) is 54.6 Å². The van der Waals surface area contributed by atoms with Crippen molar-refractivity contribution in [2.75, 3.05) is 22.9 Å². The van der Waals surface area contributed by atoms with Crippen LogP contribution in [0, 0.1) is 41.5 Å². The molecule has 1 heterocycles. The van der Waals surface area contributed by atoms with Gasteiger partial charge >= 0.3 is 262 Å². The third kappa shape index (κ3) is 5.93. The zero-order valence-corrected chi connectivity index (χ0v) is 28.4. The molecule has 4 aromatic rings. The SMILES string of the molecule is Cc1cc(C)c(N2CCN(c3c(C)cc(C)cc3C)[C]2=[Ru]([Cl])([Cl])=[C](Oc2ccccc2S)c2ccccc2)c(C)c1. The molecule has 216 valence electrons. The van der Waals surface area contributed by atoms with E-state index in [2.05, 4.69) is 88.2 Å². The van der Waals surface area contributed by atoms with E-state index in [0.29, 0.717) is 10.0 Å². The Bertz CT molecular complexity index is 1640. The van der Waals surface area contributed by atoms with E-state index >= 15 is 0 Å². The van der Waals surface area contributed by atoms with Crippen LogP contribution in [0.4, 0.5) is 11.4 Å². The molecular weight excluding hydrogens is 656 g/mol. The Labute approximate surface area is 260 Å². The van der Waals surface area contributed by atoms with Crippen LogP contribution < -0.4 is 14.5 Å². The van der Waals surface area contributed by atoms with Crippen LogP contribution in [0.3, 0.4) is 0 Å². The molecule has 4 aromatic carbocycles. The molecule has 0 bridgehead atoms. The zero-order valence-electron chi connectivity index (χ0n) is 24.3. The van der Waals surface area contributed by atoms with Gasteiger partial charge in [0.15, 0.2) is 0 Å². The Morgan fingerprint density at radius 3 is 1.59 bits per heavy atom. The van der Waals surface area contributed by atoms with Crippen molar-refractivity contribution >= 4 is 52.0 Å². The van der Waals surface area contributed by atoms with Crippen LogP contribution in [0.5, 0.6) is 5.75 Å². The molecule has 0 saturated carbocycles. The standard InChI is InChI=1S/C21H26N2.C13H10OS.2ClH.Ru/c1-14-9-16(3)20(17(4)10-14)22-7-8-23(13-22)21-18(5)11-15(2)12-19(21)6;15-13-9-5-4-8-12(13)14-10-11-6-2-1-3-7-11;;;/h9-12H,7-8H2,1-6H3;1-9,15H;2*1H;/q;;;;+2/p-2. The molecule has 0 radical (unpaired) electrons. The average Bonchev–Trinajstić information content (AvgIpc) is 3.32. The van der Waals surface area contributed by atoms with Gasteiger partial charge in [-0.2, -0.15) is 0 Å². The molecule has 5 rings (SSSR count). The van der Waals surface area contributed by atoms with E-state index in [-0.39, 0.29) is 0 Å². The van der Waals surface area contributed by atoms with Gasteiger partial charge in [-0.25, -0.2) is 0 Å². The van der Waals surface area contributed by atoms with Gasteiger partial charge in [0, 0.05) is 0 Å². The van der Waals surface area contributed by atoms with E-state index in [4.69, 9.17) is 24.1 Å². The van der Waals surface area contributed by atoms with E-state index in [1.54, 1.807) is 0 Å². The maximum atomic E-state index is 7.83. The Hall–Kier alpha value is -2.43. The molecular formula is C34H36Cl2N2ORuS. The van der Waals surface area contributed by atoms with Crippen molar-refractivity contribution in [1.82, 2.24) is 0 Å². The maximum absolute atomic E-state index is 7.83. The predicted octanol–water partition coefficient (Wildman–Crippen LogP) is 8.96. The monoisotopic (exact) mass is 692 g/mol. The predicted molar refractivity (Wildman–Crippen MR) is 178 cm³/mol. The van der Waals surface area contributed by atoms with Crippen molar-refractivity contribution in [1.29, 1.82) is 0 Å². The third-order valence-corrected chi connectivity index (χ3v) is 14.1. The van der Waals surface area contributed by atoms with Crippen molar-refractivity contribution in [3.8, 4) is 5.75 Å². The van der Waals surface area contributed by atoms with Gasteiger partial charge in [0.25, 0.3) is 0 Å². The number of halogens is 2. The molecule has 1 fully saturated rings. The topological polar surface area (TPSA) is 15.7 Å². The Morgan fingerprint density at radius 2 is 1.12 bits per heavy atom. The first-order valence-corrected chi connectivity index (χ1v) is 20.2. The summed E-state index contributed by atoms with van der Waals surface area (Å²) in [4.78, 5) is 5.44. The fourth-order valence-corrected chi connectivity index (χ4v) is 12.7. The summed E-state index contributed by atoms with van der Waals surface area (Å²) < 4.78 is 8.24. The van der Waals surface area contributed by atoms with Crippen LogP contribution in [0.2, 0.25) is 0 Å². The first-order chi connectivity index (χ1) is 19.5. The summed E-state index contributed by atoms with van der Waals surface area (Å²) in [6.07, 6.45) is 0. The summed E-state index contributed by atoms with van der Waals surface area (Å²) in [5.74, 6) is 0.628. The van der Waals surface area contributed by atoms with Crippen molar-refractivity contribution in [2.24, 2.45) is 0 Å². The van der Waals surface area contributed by atoms with Crippen LogP contribution in [0.1, 0.15) is 38.9 Å². The van der Waals surface area contributed by atoms with Gasteiger partial charge in [0.05, 0.1) is 0 Å². The van der Waals surface area contributed by atoms with E-state index < -0.39 is 11.9 Å². The van der Waals surface area contributed by atoms with Crippen LogP contribution in [-0.2, 0) is 11.9 Å². The molecule has 1 aliphatic rings. The van der Waals surface area contributed by atoms with Crippen LogP contribution in [-0.4, -0.2) is 21.7 Å². The van der Waals surface area contributed by atoms with Crippen molar-refractivity contribution in [3.63, 3.8) is 0 Å². The number of ether oxygens (including phenoxy) is 1. The van der Waals surface area contributed by atoms with E-state index in [0.717, 1.165) is 39.3 Å². The van der Waals surface area contributed by atoms with Gasteiger partial charge in [0.2, 0.25) is 0 Å². The quantitative estimate of drug-likeness (QED) is 0.166. The molecule has 0 aliphatic carbocycles. The number of para-hydroxylation sites is 1. The molecule has 0 unspecified atom stereocenters. The second kappa shape index (κ2) is 12.1. The summed E-state index contributed by atoms with van der Waals surface area (Å²) in [6.45, 7) is 14.5. The van der Waals surface area contributed by atoms with Crippen LogP contribution in [0.25, 0.3) is 0 Å². The van der Waals surface area contributed by atoms with Crippen molar-refractivity contribution in [2.45, 2.75) is 46.4 Å². The van der Waals surface area contributed by atoms with Gasteiger partial charge in [-0.3, -0.25) is 0 Å². The first kappa shape index (κ1) is 30.0. The zero-order chi connectivity index (χ0) is 29.5. The minimum atomic E-state index is -4.03. The Morgan fingerprint density at radius 1 is 0.683 bits per heavy atom. The van der Waals surface area contributed by atoms with E-state index in [9.17, 15) is 0 Å². The summed E-state index contributed by atoms with van der Waals surface area (Å²) in [7, 11) is 15.7. The minimum absolute atomic E-state index is 0.600. The summed E-state index contributed by atoms with van der Waals surface area (Å²) >= 11 is 0.645. The molecule has 1 saturated heterocycles. The van der Waals surface area contributed by atoms with Gasteiger partial charge in [-0.05, 0) is 0 Å². The van der Waals surface area contributed by atoms with Gasteiger partial charge in [-0.15, -0.1) is 0 Å². The fraction of sp³-hybridized carbons (Fsp3) is 0.235. The number of aryl methyl sites for hydroxylation is 6. The summed E-state index contributed by atoms with van der Waals surface area (Å²) in [5.41, 5.74) is 10.5. The second-order valence-corrected chi connectivity index (χ2v) is 20.3. The number of thiol groups is 1. The molecule has 1 aliphatic heterocycles. The summed E-state index contributed by atoms with van der Waals surface area (Å²) in [5, 5.41) is 0. The van der Waals surface area contributed by atoms with Gasteiger partial charge < -0.3 is 0 Å². The van der Waals surface area contributed by atoms with Gasteiger partial charge in [-0.1, -0.05) is 0 Å². The molecule has 0 aromatic heterocycles. The van der Waals surface area contributed by atoms with Gasteiger partial charge in [0.1, 0.15) is 0 Å². The molecule has 0 spiro atoms. The average molecular weight is 693 g/mol. The number of hydrogen-bond acceptors (Lipinski definition) is 4. The normalized spacial score (nSPS) is 14.0. The molecule has 0 atom stereocenters. The number of hydrogen-bond donors (Lipinski definition) is 1. The summed E-state index contributed by atoms with van der Waals surface area (Å²) in [6, 6.07) is 26.6. The molecule has 0 N–H and O–H groups in total. The third-order valence-electron chi connectivity index (χ3n) is 7.25. The van der Waals surface area contributed by atoms with Crippen LogP contribution >= 0.6 is 32.0 Å². The number of benzene rings is 4. The number of rotatable bonds is 5. The number of anilines is 2. The second-order valence-electron chi connectivity index (χ2n) is 10.7. The molecule has 7 heteroatoms. The Kier molecular flexibility index (Phi) is 8.83. The molecule has 41 heavy (non-hydrogen) atoms. The number of nitrogens with zero attached hydrogens (tertiary/aromatic N) is 2. The van der Waals surface area contributed by atoms with Crippen molar-refractivity contribution in [3.05, 3.63) is 118 Å². The van der Waals surface area contributed by atoms with E-state index in [1.165, 1.54) is 33.4 Å². The van der Waals surface area contributed by atoms with Crippen molar-refractivity contribution < 1.29 is 16.6 Å².